The van der Waals surface area contributed by atoms with Crippen molar-refractivity contribution in [3.05, 3.63) is 23.7 Å². The van der Waals surface area contributed by atoms with Crippen LogP contribution in [0.3, 0.4) is 0 Å². The van der Waals surface area contributed by atoms with Crippen molar-refractivity contribution in [2.24, 2.45) is 0 Å². The van der Waals surface area contributed by atoms with Crippen LogP contribution in [0, 0.1) is 0 Å². The first kappa shape index (κ1) is 12.3. The van der Waals surface area contributed by atoms with Crippen molar-refractivity contribution in [3.8, 4) is 0 Å². The maximum Gasteiger partial charge on any atom is 0.328 e. The number of carboxylic acids is 1. The number of hydrogen-bond donors (Lipinski definition) is 2. The molecule has 0 saturated carbocycles. The molecule has 0 radical (unpaired) electrons. The van der Waals surface area contributed by atoms with E-state index >= 15 is 0 Å². The molecular formula is C11H15NO4. The second-order valence-electron chi connectivity index (χ2n) is 4.00. The summed E-state index contributed by atoms with van der Waals surface area (Å²) < 4.78 is 5.22. The number of furan rings is 1. The zero-order valence-corrected chi connectivity index (χ0v) is 9.53. The van der Waals surface area contributed by atoms with Gasteiger partial charge in [-0.15, -0.1) is 0 Å². The van der Waals surface area contributed by atoms with Crippen molar-refractivity contribution < 1.29 is 19.1 Å². The predicted molar refractivity (Wildman–Crippen MR) is 57.3 cm³/mol. The standard InChI is InChI=1S/C11H15NO4/c1-4-7-5-6-8(16-7)9(13)12-11(2,3)10(14)15/h5-6H,4H2,1-3H3,(H,12,13)(H,14,15). The lowest BCUT2D eigenvalue weighted by Crippen LogP contribution is -2.49. The second kappa shape index (κ2) is 4.38. The number of carbonyl (C=O) groups excluding carboxylic acids is 1. The molecule has 0 fully saturated rings. The average molecular weight is 225 g/mol. The molecule has 0 unspecified atom stereocenters. The number of rotatable bonds is 4. The molecule has 88 valence electrons. The van der Waals surface area contributed by atoms with Crippen LogP contribution in [0.2, 0.25) is 0 Å². The normalized spacial score (nSPS) is 11.2. The van der Waals surface area contributed by atoms with Crippen LogP contribution < -0.4 is 5.32 Å². The molecule has 5 heteroatoms. The largest absolute Gasteiger partial charge is 0.480 e. The second-order valence-corrected chi connectivity index (χ2v) is 4.00. The molecule has 0 aliphatic rings. The summed E-state index contributed by atoms with van der Waals surface area (Å²) in [6.07, 6.45) is 0.690. The van der Waals surface area contributed by atoms with Crippen LogP contribution in [0.4, 0.5) is 0 Å². The SMILES string of the molecule is CCc1ccc(C(=O)NC(C)(C)C(=O)O)o1. The van der Waals surface area contributed by atoms with Gasteiger partial charge in [-0.3, -0.25) is 4.79 Å². The van der Waals surface area contributed by atoms with Crippen LogP contribution in [0.15, 0.2) is 16.5 Å². The van der Waals surface area contributed by atoms with Crippen molar-refractivity contribution in [3.63, 3.8) is 0 Å². The molecule has 0 bridgehead atoms. The van der Waals surface area contributed by atoms with Gasteiger partial charge < -0.3 is 14.8 Å². The summed E-state index contributed by atoms with van der Waals surface area (Å²) >= 11 is 0. The Bertz CT molecular complexity index is 406. The Balaban J connectivity index is 2.76. The first-order chi connectivity index (χ1) is 7.36. The van der Waals surface area contributed by atoms with E-state index in [4.69, 9.17) is 9.52 Å². The third-order valence-electron chi connectivity index (χ3n) is 2.19. The van der Waals surface area contributed by atoms with Gasteiger partial charge in [-0.2, -0.15) is 0 Å². The van der Waals surface area contributed by atoms with Crippen LogP contribution in [0.25, 0.3) is 0 Å². The number of aliphatic carboxylic acids is 1. The van der Waals surface area contributed by atoms with E-state index in [1.807, 2.05) is 6.92 Å². The lowest BCUT2D eigenvalue weighted by molar-refractivity contribution is -0.143. The Morgan fingerprint density at radius 2 is 2.06 bits per heavy atom. The van der Waals surface area contributed by atoms with E-state index in [1.54, 1.807) is 6.07 Å². The number of aryl methyl sites for hydroxylation is 1. The number of hydrogen-bond acceptors (Lipinski definition) is 3. The molecule has 1 aromatic rings. The molecule has 5 nitrogen and oxygen atoms in total. The minimum atomic E-state index is -1.31. The fraction of sp³-hybridized carbons (Fsp3) is 0.455. The molecule has 1 amide bonds. The Hall–Kier alpha value is -1.78. The lowest BCUT2D eigenvalue weighted by atomic mass is 10.1. The molecule has 2 N–H and O–H groups in total. The van der Waals surface area contributed by atoms with Crippen molar-refractivity contribution in [2.45, 2.75) is 32.7 Å². The number of carboxylic acid groups (broad SMARTS) is 1. The molecular weight excluding hydrogens is 210 g/mol. The molecule has 1 aromatic heterocycles. The topological polar surface area (TPSA) is 79.5 Å². The van der Waals surface area contributed by atoms with Crippen molar-refractivity contribution in [2.75, 3.05) is 0 Å². The van der Waals surface area contributed by atoms with Crippen molar-refractivity contribution >= 4 is 11.9 Å². The Kier molecular flexibility index (Phi) is 3.37. The van der Waals surface area contributed by atoms with Gasteiger partial charge in [0, 0.05) is 6.42 Å². The highest BCUT2D eigenvalue weighted by Crippen LogP contribution is 2.10. The minimum Gasteiger partial charge on any atom is -0.480 e. The maximum absolute atomic E-state index is 11.6. The fourth-order valence-electron chi connectivity index (χ4n) is 1.09. The Morgan fingerprint density at radius 3 is 2.50 bits per heavy atom. The molecule has 0 aromatic carbocycles. The van der Waals surface area contributed by atoms with Gasteiger partial charge in [-0.05, 0) is 26.0 Å². The van der Waals surface area contributed by atoms with Gasteiger partial charge in [0.05, 0.1) is 0 Å². The van der Waals surface area contributed by atoms with Crippen molar-refractivity contribution in [1.82, 2.24) is 5.32 Å². The molecule has 0 spiro atoms. The molecule has 0 saturated heterocycles. The summed E-state index contributed by atoms with van der Waals surface area (Å²) in [5, 5.41) is 11.2. The maximum atomic E-state index is 11.6. The third-order valence-corrected chi connectivity index (χ3v) is 2.19. The van der Waals surface area contributed by atoms with Gasteiger partial charge in [0.15, 0.2) is 5.76 Å². The monoisotopic (exact) mass is 225 g/mol. The van der Waals surface area contributed by atoms with Crippen LogP contribution in [-0.2, 0) is 11.2 Å². The predicted octanol–water partition coefficient (Wildman–Crippen LogP) is 1.44. The van der Waals surface area contributed by atoms with E-state index in [0.717, 1.165) is 0 Å². The van der Waals surface area contributed by atoms with Crippen LogP contribution in [0.5, 0.6) is 0 Å². The first-order valence-electron chi connectivity index (χ1n) is 5.01. The molecule has 1 rings (SSSR count). The van der Waals surface area contributed by atoms with Gasteiger partial charge >= 0.3 is 5.97 Å². The Labute approximate surface area is 93.4 Å². The number of amides is 1. The van der Waals surface area contributed by atoms with E-state index < -0.39 is 17.4 Å². The Morgan fingerprint density at radius 1 is 1.44 bits per heavy atom. The molecule has 0 aliphatic carbocycles. The summed E-state index contributed by atoms with van der Waals surface area (Å²) in [6, 6.07) is 3.23. The summed E-state index contributed by atoms with van der Waals surface area (Å²) in [6.45, 7) is 4.73. The highest BCUT2D eigenvalue weighted by Gasteiger charge is 2.30. The molecule has 16 heavy (non-hydrogen) atoms. The van der Waals surface area contributed by atoms with Crippen LogP contribution in [0.1, 0.15) is 37.1 Å². The van der Waals surface area contributed by atoms with Gasteiger partial charge in [-0.25, -0.2) is 4.79 Å². The summed E-state index contributed by atoms with van der Waals surface area (Å²) in [5.41, 5.74) is -1.31. The first-order valence-corrected chi connectivity index (χ1v) is 5.01. The minimum absolute atomic E-state index is 0.131. The van der Waals surface area contributed by atoms with Crippen LogP contribution in [-0.4, -0.2) is 22.5 Å². The van der Waals surface area contributed by atoms with Gasteiger partial charge in [0.2, 0.25) is 0 Å². The van der Waals surface area contributed by atoms with E-state index in [-0.39, 0.29) is 5.76 Å². The fourth-order valence-corrected chi connectivity index (χ4v) is 1.09. The molecule has 1 heterocycles. The van der Waals surface area contributed by atoms with E-state index in [1.165, 1.54) is 19.9 Å². The zero-order chi connectivity index (χ0) is 12.3. The average Bonchev–Trinajstić information content (AvgIpc) is 2.64. The van der Waals surface area contributed by atoms with Gasteiger partial charge in [-0.1, -0.05) is 6.92 Å². The number of nitrogens with one attached hydrogen (secondary N) is 1. The highest BCUT2D eigenvalue weighted by molar-refractivity contribution is 5.95. The van der Waals surface area contributed by atoms with Crippen molar-refractivity contribution in [1.29, 1.82) is 0 Å². The number of carbonyl (C=O) groups is 2. The highest BCUT2D eigenvalue weighted by atomic mass is 16.4. The van der Waals surface area contributed by atoms with Crippen LogP contribution >= 0.6 is 0 Å². The summed E-state index contributed by atoms with van der Waals surface area (Å²) in [4.78, 5) is 22.4. The van der Waals surface area contributed by atoms with E-state index in [2.05, 4.69) is 5.32 Å². The quantitative estimate of drug-likeness (QED) is 0.812. The van der Waals surface area contributed by atoms with E-state index in [9.17, 15) is 9.59 Å². The lowest BCUT2D eigenvalue weighted by Gasteiger charge is -2.19. The third kappa shape index (κ3) is 2.62. The summed E-state index contributed by atoms with van der Waals surface area (Å²) in [5.74, 6) is -0.792. The summed E-state index contributed by atoms with van der Waals surface area (Å²) in [7, 11) is 0. The van der Waals surface area contributed by atoms with E-state index in [0.29, 0.717) is 12.2 Å². The van der Waals surface area contributed by atoms with Gasteiger partial charge in [0.1, 0.15) is 11.3 Å². The van der Waals surface area contributed by atoms with Gasteiger partial charge in [0.25, 0.3) is 5.91 Å². The zero-order valence-electron chi connectivity index (χ0n) is 9.53. The molecule has 0 aliphatic heterocycles. The smallest absolute Gasteiger partial charge is 0.328 e. The molecule has 0 atom stereocenters.